The molecule has 14 nitrogen and oxygen atoms in total. The van der Waals surface area contributed by atoms with E-state index in [1.165, 1.54) is 6.92 Å². The van der Waals surface area contributed by atoms with E-state index in [4.69, 9.17) is 15.8 Å². The Bertz CT molecular complexity index is 1470. The van der Waals surface area contributed by atoms with Crippen LogP contribution in [0.5, 0.6) is 0 Å². The van der Waals surface area contributed by atoms with Crippen molar-refractivity contribution in [3.8, 4) is 0 Å². The number of aromatic nitrogens is 4. The highest BCUT2D eigenvalue weighted by Crippen LogP contribution is 2.35. The van der Waals surface area contributed by atoms with E-state index in [2.05, 4.69) is 30.1 Å². The molecule has 0 bridgehead atoms. The number of carbonyl (C=O) groups is 2. The van der Waals surface area contributed by atoms with E-state index < -0.39 is 11.7 Å². The van der Waals surface area contributed by atoms with Crippen LogP contribution in [0.1, 0.15) is 47.8 Å². The van der Waals surface area contributed by atoms with E-state index in [-0.39, 0.29) is 31.1 Å². The average molecular weight is 518 g/mol. The third-order valence-corrected chi connectivity index (χ3v) is 7.07. The molecule has 5 rings (SSSR count). The molecule has 196 valence electrons. The zero-order valence-electron chi connectivity index (χ0n) is 21.1. The maximum atomic E-state index is 13.8. The van der Waals surface area contributed by atoms with Crippen LogP contribution in [0, 0.1) is 0 Å². The van der Waals surface area contributed by atoms with Gasteiger partial charge >= 0.3 is 6.09 Å². The second-order valence-electron chi connectivity index (χ2n) is 10.0. The van der Waals surface area contributed by atoms with Gasteiger partial charge in [0.15, 0.2) is 0 Å². The predicted molar refractivity (Wildman–Crippen MR) is 136 cm³/mol. The summed E-state index contributed by atoms with van der Waals surface area (Å²) in [5.74, 6) is -0.00165. The van der Waals surface area contributed by atoms with E-state index in [0.29, 0.717) is 18.4 Å². The first-order chi connectivity index (χ1) is 18.3. The van der Waals surface area contributed by atoms with Gasteiger partial charge < -0.3 is 14.2 Å². The number of rotatable bonds is 8. The second kappa shape index (κ2) is 10.1. The molecule has 0 saturated heterocycles. The zero-order chi connectivity index (χ0) is 26.9. The molecular weight excluding hydrogens is 490 g/mol. The summed E-state index contributed by atoms with van der Waals surface area (Å²) in [7, 11) is 1.91. The molecule has 2 aliphatic rings. The van der Waals surface area contributed by atoms with Gasteiger partial charge in [-0.1, -0.05) is 10.2 Å². The van der Waals surface area contributed by atoms with Crippen LogP contribution in [-0.4, -0.2) is 67.0 Å². The van der Waals surface area contributed by atoms with Crippen molar-refractivity contribution in [2.45, 2.75) is 56.7 Å². The van der Waals surface area contributed by atoms with Gasteiger partial charge in [0.2, 0.25) is 0 Å². The highest BCUT2D eigenvalue weighted by Gasteiger charge is 2.40. The molecule has 1 fully saturated rings. The summed E-state index contributed by atoms with van der Waals surface area (Å²) in [5.41, 5.74) is 19.1. The molecule has 0 radical (unpaired) electrons. The van der Waals surface area contributed by atoms with E-state index >= 15 is 0 Å². The number of ether oxygens (including phenoxy) is 1. The molecule has 0 aromatic carbocycles. The van der Waals surface area contributed by atoms with Crippen molar-refractivity contribution in [2.75, 3.05) is 13.1 Å². The first-order valence-corrected chi connectivity index (χ1v) is 12.4. The topological polar surface area (TPSA) is 180 Å². The Labute approximate surface area is 217 Å². The molecule has 1 saturated carbocycles. The Morgan fingerprint density at radius 1 is 1.18 bits per heavy atom. The average Bonchev–Trinajstić information content (AvgIpc) is 3.53. The summed E-state index contributed by atoms with van der Waals surface area (Å²) in [6, 6.07) is 3.88. The Hall–Kier alpha value is -4.54. The Morgan fingerprint density at radius 2 is 1.92 bits per heavy atom. The number of aryl methyl sites for hydroxylation is 2. The molecule has 0 aliphatic heterocycles. The van der Waals surface area contributed by atoms with Gasteiger partial charge in [-0.05, 0) is 67.8 Å². The summed E-state index contributed by atoms with van der Waals surface area (Å²) in [5, 5.41) is 12.2. The van der Waals surface area contributed by atoms with E-state index in [9.17, 15) is 9.59 Å². The Morgan fingerprint density at radius 3 is 2.61 bits per heavy atom. The lowest BCUT2D eigenvalue weighted by atomic mass is 9.91. The molecule has 3 heterocycles. The van der Waals surface area contributed by atoms with Crippen LogP contribution in [0.2, 0.25) is 0 Å². The fraction of sp³-hybridized carbons (Fsp3) is 0.500. The summed E-state index contributed by atoms with van der Waals surface area (Å²) in [6.45, 7) is 1.13. The third-order valence-electron chi connectivity index (χ3n) is 7.07. The van der Waals surface area contributed by atoms with Crippen LogP contribution in [0.15, 0.2) is 41.0 Å². The van der Waals surface area contributed by atoms with Crippen molar-refractivity contribution in [1.29, 1.82) is 0 Å². The summed E-state index contributed by atoms with van der Waals surface area (Å²) in [6.07, 6.45) is 8.30. The number of nitrogens with zero attached hydrogens (tertiary/aromatic N) is 11. The van der Waals surface area contributed by atoms with Crippen molar-refractivity contribution in [1.82, 2.24) is 24.2 Å². The minimum absolute atomic E-state index is 0.00165. The van der Waals surface area contributed by atoms with E-state index in [1.54, 1.807) is 18.5 Å². The van der Waals surface area contributed by atoms with Crippen molar-refractivity contribution in [2.24, 2.45) is 17.3 Å². The summed E-state index contributed by atoms with van der Waals surface area (Å²) in [4.78, 5) is 38.5. The number of azide groups is 2. The van der Waals surface area contributed by atoms with Crippen LogP contribution in [0.3, 0.4) is 0 Å². The van der Waals surface area contributed by atoms with E-state index in [1.807, 2.05) is 28.8 Å². The van der Waals surface area contributed by atoms with Crippen LogP contribution < -0.4 is 0 Å². The number of hydrogen-bond acceptors (Lipinski definition) is 7. The molecule has 3 aromatic rings. The lowest BCUT2D eigenvalue weighted by Crippen LogP contribution is -2.44. The Kier molecular flexibility index (Phi) is 6.66. The predicted octanol–water partition coefficient (Wildman–Crippen LogP) is 4.30. The lowest BCUT2D eigenvalue weighted by Gasteiger charge is -2.34. The number of carbonyl (C=O) groups excluding carboxylic acids is 2. The molecule has 2 aliphatic carbocycles. The second-order valence-corrected chi connectivity index (χ2v) is 10.0. The van der Waals surface area contributed by atoms with Crippen LogP contribution in [-0.2, 0) is 24.6 Å². The van der Waals surface area contributed by atoms with Gasteiger partial charge in [0.05, 0.1) is 24.3 Å². The number of amides is 1. The van der Waals surface area contributed by atoms with E-state index in [0.717, 1.165) is 46.2 Å². The highest BCUT2D eigenvalue weighted by atomic mass is 16.6. The smallest absolute Gasteiger partial charge is 0.435 e. The molecule has 0 N–H and O–H groups in total. The third kappa shape index (κ3) is 4.86. The van der Waals surface area contributed by atoms with Gasteiger partial charge in [0.1, 0.15) is 11.2 Å². The van der Waals surface area contributed by atoms with Gasteiger partial charge in [0, 0.05) is 52.9 Å². The first-order valence-electron chi connectivity index (χ1n) is 12.4. The van der Waals surface area contributed by atoms with Gasteiger partial charge in [0.25, 0.3) is 5.91 Å². The number of pyridine rings is 1. The maximum Gasteiger partial charge on any atom is 0.435 e. The van der Waals surface area contributed by atoms with Crippen LogP contribution in [0.25, 0.3) is 31.9 Å². The zero-order valence-corrected chi connectivity index (χ0v) is 21.1. The summed E-state index contributed by atoms with van der Waals surface area (Å²) >= 11 is 0. The van der Waals surface area contributed by atoms with Crippen molar-refractivity contribution < 1.29 is 14.3 Å². The van der Waals surface area contributed by atoms with Crippen molar-refractivity contribution in [3.05, 3.63) is 68.4 Å². The van der Waals surface area contributed by atoms with Crippen molar-refractivity contribution >= 4 is 23.0 Å². The lowest BCUT2D eigenvalue weighted by molar-refractivity contribution is 0.0369. The number of hydrogen-bond donors (Lipinski definition) is 0. The standard InChI is InChI=1S/C24H27N11O3/c1-24(13-28-31-25,14-29-32-26)38-23(37)34-12-15-11-17(5-6-20(15)30-34)35(16-3-4-16)22(36)19-7-9-27-21-18(19)8-10-33(21)2/h7-10,12,16-17H,3-6,11,13-14H2,1-2H3. The molecule has 1 unspecified atom stereocenters. The molecule has 1 atom stereocenters. The molecule has 0 spiro atoms. The largest absolute Gasteiger partial charge is 0.441 e. The molecule has 14 heteroatoms. The monoisotopic (exact) mass is 517 g/mol. The normalized spacial score (nSPS) is 18.0. The van der Waals surface area contributed by atoms with Gasteiger partial charge in [-0.3, -0.25) is 4.79 Å². The van der Waals surface area contributed by atoms with Crippen LogP contribution >= 0.6 is 0 Å². The molecule has 3 aromatic heterocycles. The minimum Gasteiger partial charge on any atom is -0.441 e. The molecular formula is C24H27N11O3. The van der Waals surface area contributed by atoms with Crippen molar-refractivity contribution in [3.63, 3.8) is 0 Å². The maximum absolute atomic E-state index is 13.8. The highest BCUT2D eigenvalue weighted by molar-refractivity contribution is 6.06. The Balaban J connectivity index is 1.35. The molecule has 38 heavy (non-hydrogen) atoms. The quantitative estimate of drug-likeness (QED) is 0.245. The van der Waals surface area contributed by atoms with Gasteiger partial charge in [-0.25, -0.2) is 9.78 Å². The fourth-order valence-corrected chi connectivity index (χ4v) is 5.02. The van der Waals surface area contributed by atoms with Gasteiger partial charge in [-0.2, -0.15) is 9.78 Å². The summed E-state index contributed by atoms with van der Waals surface area (Å²) < 4.78 is 8.55. The molecule has 1 amide bonds. The minimum atomic E-state index is -1.31. The first kappa shape index (κ1) is 25.1. The fourth-order valence-electron chi connectivity index (χ4n) is 5.02. The number of fused-ring (bicyclic) bond motifs is 2. The SMILES string of the molecule is Cn1ccc2c(C(=O)N(C3CC3)C3CCc4nn(C(=O)OC(C)(CN=[N+]=[N-])CN=[N+]=[N-])cc4C3)ccnc21. The van der Waals surface area contributed by atoms with Crippen LogP contribution in [0.4, 0.5) is 4.79 Å². The van der Waals surface area contributed by atoms with Gasteiger partial charge in [-0.15, -0.1) is 0 Å².